The highest BCUT2D eigenvalue weighted by Crippen LogP contribution is 2.29. The van der Waals surface area contributed by atoms with Crippen LogP contribution in [0.25, 0.3) is 15.9 Å². The van der Waals surface area contributed by atoms with Gasteiger partial charge in [0.2, 0.25) is 0 Å². The molecule has 0 radical (unpaired) electrons. The average molecular weight is 417 g/mol. The normalized spacial score (nSPS) is 17.1. The van der Waals surface area contributed by atoms with Gasteiger partial charge in [-0.15, -0.1) is 0 Å². The van der Waals surface area contributed by atoms with Crippen molar-refractivity contribution < 1.29 is 0 Å². The second kappa shape index (κ2) is 8.85. The number of fused-ring (bicyclic) bond motifs is 1. The number of thiazole rings is 1. The molecule has 1 fully saturated rings. The zero-order valence-electron chi connectivity index (χ0n) is 16.8. The number of pyridine rings is 2. The van der Waals surface area contributed by atoms with Crippen LogP contribution < -0.4 is 5.32 Å². The quantitative estimate of drug-likeness (QED) is 0.620. The van der Waals surface area contributed by atoms with Crippen molar-refractivity contribution in [2.75, 3.05) is 18.4 Å². The standard InChI is InChI=1S/C23H24N6S/c1-2-6-18(15-24-10-3-1)19-7-8-20-22(26-19)30-23(27-20)28-21-14-17(9-11-25-21)16-29-12-4-5-13-29/h2,6-11,14-15H,1,3-5,12-13,16H2,(H,25,27,28). The van der Waals surface area contributed by atoms with Crippen LogP contribution in [-0.2, 0) is 6.54 Å². The Labute approximate surface area is 180 Å². The van der Waals surface area contributed by atoms with Crippen molar-refractivity contribution in [1.29, 1.82) is 0 Å². The van der Waals surface area contributed by atoms with Crippen LogP contribution in [0.3, 0.4) is 0 Å². The van der Waals surface area contributed by atoms with Crippen molar-refractivity contribution in [3.63, 3.8) is 0 Å². The van der Waals surface area contributed by atoms with Crippen molar-refractivity contribution >= 4 is 44.4 Å². The highest BCUT2D eigenvalue weighted by atomic mass is 32.1. The summed E-state index contributed by atoms with van der Waals surface area (Å²) in [4.78, 5) is 21.7. The van der Waals surface area contributed by atoms with E-state index in [1.807, 2.05) is 30.7 Å². The zero-order valence-corrected chi connectivity index (χ0v) is 17.6. The summed E-state index contributed by atoms with van der Waals surface area (Å²) >= 11 is 1.54. The molecule has 6 nitrogen and oxygen atoms in total. The topological polar surface area (TPSA) is 66.3 Å². The first-order chi connectivity index (χ1) is 14.8. The molecule has 2 aliphatic heterocycles. The molecule has 0 saturated carbocycles. The molecule has 0 unspecified atom stereocenters. The summed E-state index contributed by atoms with van der Waals surface area (Å²) in [7, 11) is 0. The molecule has 0 spiro atoms. The van der Waals surface area contributed by atoms with Crippen molar-refractivity contribution in [2.24, 2.45) is 4.99 Å². The maximum atomic E-state index is 4.81. The van der Waals surface area contributed by atoms with Gasteiger partial charge in [-0.2, -0.15) is 0 Å². The molecule has 3 aromatic heterocycles. The van der Waals surface area contributed by atoms with Gasteiger partial charge in [-0.1, -0.05) is 23.5 Å². The van der Waals surface area contributed by atoms with Gasteiger partial charge in [0.1, 0.15) is 16.2 Å². The van der Waals surface area contributed by atoms with Crippen LogP contribution in [0, 0.1) is 0 Å². The van der Waals surface area contributed by atoms with Gasteiger partial charge in [-0.3, -0.25) is 9.89 Å². The smallest absolute Gasteiger partial charge is 0.190 e. The number of hydrogen-bond acceptors (Lipinski definition) is 7. The lowest BCUT2D eigenvalue weighted by molar-refractivity contribution is 0.331. The van der Waals surface area contributed by atoms with E-state index in [0.717, 1.165) is 51.9 Å². The van der Waals surface area contributed by atoms with Crippen LogP contribution in [0.15, 0.2) is 53.8 Å². The largest absolute Gasteiger partial charge is 0.316 e. The first-order valence-corrected chi connectivity index (χ1v) is 11.3. The van der Waals surface area contributed by atoms with Gasteiger partial charge >= 0.3 is 0 Å². The third kappa shape index (κ3) is 4.47. The molecule has 0 atom stereocenters. The Bertz CT molecular complexity index is 1120. The summed E-state index contributed by atoms with van der Waals surface area (Å²) in [5, 5.41) is 4.17. The highest BCUT2D eigenvalue weighted by molar-refractivity contribution is 7.21. The van der Waals surface area contributed by atoms with Crippen LogP contribution in [0.2, 0.25) is 0 Å². The van der Waals surface area contributed by atoms with Gasteiger partial charge in [0, 0.05) is 30.7 Å². The molecule has 5 heterocycles. The monoisotopic (exact) mass is 416 g/mol. The third-order valence-corrected chi connectivity index (χ3v) is 6.17. The number of anilines is 2. The number of rotatable bonds is 5. The molecule has 1 saturated heterocycles. The molecule has 0 aromatic carbocycles. The Balaban J connectivity index is 1.35. The van der Waals surface area contributed by atoms with E-state index in [0.29, 0.717) is 0 Å². The Morgan fingerprint density at radius 1 is 1.07 bits per heavy atom. The third-order valence-electron chi connectivity index (χ3n) is 5.29. The van der Waals surface area contributed by atoms with E-state index < -0.39 is 0 Å². The van der Waals surface area contributed by atoms with Crippen LogP contribution in [0.5, 0.6) is 0 Å². The second-order valence-electron chi connectivity index (χ2n) is 7.59. The second-order valence-corrected chi connectivity index (χ2v) is 8.57. The lowest BCUT2D eigenvalue weighted by Gasteiger charge is -2.14. The Hall–Kier alpha value is -2.90. The first-order valence-electron chi connectivity index (χ1n) is 10.4. The first kappa shape index (κ1) is 19.1. The van der Waals surface area contributed by atoms with Crippen molar-refractivity contribution in [1.82, 2.24) is 19.9 Å². The molecule has 1 N–H and O–H groups in total. The molecular weight excluding hydrogens is 392 g/mol. The fourth-order valence-electron chi connectivity index (χ4n) is 3.76. The Morgan fingerprint density at radius 3 is 2.93 bits per heavy atom. The van der Waals surface area contributed by atoms with E-state index in [1.165, 1.54) is 31.5 Å². The van der Waals surface area contributed by atoms with Crippen LogP contribution in [-0.4, -0.2) is 39.2 Å². The van der Waals surface area contributed by atoms with Crippen molar-refractivity contribution in [3.05, 3.63) is 60.1 Å². The number of nitrogens with one attached hydrogen (secondary N) is 1. The number of allylic oxidation sites excluding steroid dienone is 3. The predicted molar refractivity (Wildman–Crippen MR) is 124 cm³/mol. The summed E-state index contributed by atoms with van der Waals surface area (Å²) in [5.41, 5.74) is 4.10. The molecule has 2 aliphatic rings. The van der Waals surface area contributed by atoms with E-state index in [4.69, 9.17) is 4.98 Å². The van der Waals surface area contributed by atoms with Crippen LogP contribution in [0.4, 0.5) is 10.9 Å². The van der Waals surface area contributed by atoms with Gasteiger partial charge in [-0.25, -0.2) is 15.0 Å². The molecule has 0 aliphatic carbocycles. The summed E-state index contributed by atoms with van der Waals surface area (Å²) < 4.78 is 0. The minimum absolute atomic E-state index is 0.806. The summed E-state index contributed by atoms with van der Waals surface area (Å²) in [6, 6.07) is 8.24. The Kier molecular flexibility index (Phi) is 5.63. The molecule has 3 aromatic rings. The summed E-state index contributed by atoms with van der Waals surface area (Å²) in [6.45, 7) is 3.36. The SMILES string of the molecule is C1=CC(c2ccc3nc(Nc4cc(CN5CCCC5)ccn4)sc3n2)=CN=CCC1. The number of aromatic nitrogens is 3. The lowest BCUT2D eigenvalue weighted by Crippen LogP contribution is -2.18. The predicted octanol–water partition coefficient (Wildman–Crippen LogP) is 5.19. The summed E-state index contributed by atoms with van der Waals surface area (Å²) in [6.07, 6.45) is 14.5. The van der Waals surface area contributed by atoms with Crippen molar-refractivity contribution in [2.45, 2.75) is 32.2 Å². The van der Waals surface area contributed by atoms with Crippen molar-refractivity contribution in [3.8, 4) is 0 Å². The van der Waals surface area contributed by atoms with Crippen LogP contribution in [0.1, 0.15) is 36.9 Å². The van der Waals surface area contributed by atoms with Gasteiger partial charge in [0.15, 0.2) is 5.13 Å². The summed E-state index contributed by atoms with van der Waals surface area (Å²) in [5.74, 6) is 0.825. The van der Waals surface area contributed by atoms with E-state index in [2.05, 4.69) is 49.5 Å². The van der Waals surface area contributed by atoms with E-state index >= 15 is 0 Å². The molecule has 0 bridgehead atoms. The molecule has 30 heavy (non-hydrogen) atoms. The molecule has 7 heteroatoms. The van der Waals surface area contributed by atoms with E-state index in [1.54, 1.807) is 11.3 Å². The van der Waals surface area contributed by atoms with Gasteiger partial charge in [0.25, 0.3) is 0 Å². The average Bonchev–Trinajstić information content (AvgIpc) is 3.36. The highest BCUT2D eigenvalue weighted by Gasteiger charge is 2.13. The maximum Gasteiger partial charge on any atom is 0.190 e. The van der Waals surface area contributed by atoms with E-state index in [-0.39, 0.29) is 0 Å². The molecule has 5 rings (SSSR count). The number of aliphatic imine (C=N–C) groups is 1. The minimum atomic E-state index is 0.806. The molecule has 0 amide bonds. The van der Waals surface area contributed by atoms with Crippen LogP contribution >= 0.6 is 11.3 Å². The van der Waals surface area contributed by atoms with Gasteiger partial charge in [0.05, 0.1) is 5.69 Å². The fraction of sp³-hybridized carbons (Fsp3) is 0.304. The minimum Gasteiger partial charge on any atom is -0.316 e. The zero-order chi connectivity index (χ0) is 20.2. The lowest BCUT2D eigenvalue weighted by atomic mass is 10.1. The fourth-order valence-corrected chi connectivity index (χ4v) is 4.61. The molecule has 152 valence electrons. The Morgan fingerprint density at radius 2 is 2.00 bits per heavy atom. The van der Waals surface area contributed by atoms with Gasteiger partial charge < -0.3 is 5.32 Å². The number of nitrogens with zero attached hydrogens (tertiary/aromatic N) is 5. The van der Waals surface area contributed by atoms with E-state index in [9.17, 15) is 0 Å². The number of hydrogen-bond donors (Lipinski definition) is 1. The number of likely N-dealkylation sites (tertiary alicyclic amines) is 1. The maximum absolute atomic E-state index is 4.81. The van der Waals surface area contributed by atoms with Gasteiger partial charge in [-0.05, 0) is 68.6 Å². The molecular formula is C23H24N6S.